The normalized spacial score (nSPS) is 23.6. The lowest BCUT2D eigenvalue weighted by molar-refractivity contribution is -0.121. The third kappa shape index (κ3) is 2.75. The Morgan fingerprint density at radius 2 is 2.25 bits per heavy atom. The van der Waals surface area contributed by atoms with Gasteiger partial charge in [-0.3, -0.25) is 4.79 Å². The van der Waals surface area contributed by atoms with Crippen molar-refractivity contribution < 1.29 is 4.79 Å². The summed E-state index contributed by atoms with van der Waals surface area (Å²) < 4.78 is 0. The first-order valence-electron chi connectivity index (χ1n) is 5.77. The molecule has 16 heavy (non-hydrogen) atoms. The Morgan fingerprint density at radius 1 is 1.50 bits per heavy atom. The molecule has 0 spiro atoms. The predicted molar refractivity (Wildman–Crippen MR) is 64.9 cm³/mol. The molecule has 1 aromatic carbocycles. The maximum absolute atomic E-state index is 11.7. The summed E-state index contributed by atoms with van der Waals surface area (Å²) in [5.41, 5.74) is 7.35. The fourth-order valence-corrected chi connectivity index (χ4v) is 2.19. The van der Waals surface area contributed by atoms with E-state index in [9.17, 15) is 4.79 Å². The number of nitrogens with one attached hydrogen (secondary N) is 1. The molecular weight excluding hydrogens is 200 g/mol. The molecule has 1 saturated carbocycles. The topological polar surface area (TPSA) is 55.1 Å². The maximum atomic E-state index is 11.7. The summed E-state index contributed by atoms with van der Waals surface area (Å²) in [4.78, 5) is 11.7. The van der Waals surface area contributed by atoms with Gasteiger partial charge in [-0.2, -0.15) is 0 Å². The monoisotopic (exact) mass is 218 g/mol. The summed E-state index contributed by atoms with van der Waals surface area (Å²) in [6, 6.07) is 7.88. The second kappa shape index (κ2) is 4.56. The third-order valence-corrected chi connectivity index (χ3v) is 3.05. The first kappa shape index (κ1) is 11.0. The van der Waals surface area contributed by atoms with Crippen molar-refractivity contribution in [1.82, 2.24) is 5.32 Å². The van der Waals surface area contributed by atoms with E-state index in [2.05, 4.69) is 12.2 Å². The van der Waals surface area contributed by atoms with E-state index in [1.807, 2.05) is 24.3 Å². The number of carbonyl (C=O) groups excluding carboxylic acids is 1. The van der Waals surface area contributed by atoms with Crippen LogP contribution in [0.1, 0.15) is 25.3 Å². The Hall–Kier alpha value is -1.51. The third-order valence-electron chi connectivity index (χ3n) is 3.05. The minimum atomic E-state index is 0.0995. The molecule has 1 aromatic rings. The number of rotatable bonds is 3. The molecule has 3 heteroatoms. The zero-order chi connectivity index (χ0) is 11.5. The molecule has 0 aromatic heterocycles. The number of amides is 1. The number of nitrogens with two attached hydrogens (primary N) is 1. The summed E-state index contributed by atoms with van der Waals surface area (Å²) in [7, 11) is 0. The van der Waals surface area contributed by atoms with Gasteiger partial charge in [0.1, 0.15) is 0 Å². The van der Waals surface area contributed by atoms with Crippen LogP contribution in [0.25, 0.3) is 0 Å². The van der Waals surface area contributed by atoms with E-state index in [-0.39, 0.29) is 5.91 Å². The number of nitrogen functional groups attached to an aromatic ring is 1. The smallest absolute Gasteiger partial charge is 0.224 e. The van der Waals surface area contributed by atoms with Crippen LogP contribution in [0, 0.1) is 5.92 Å². The van der Waals surface area contributed by atoms with Gasteiger partial charge in [0.05, 0.1) is 6.42 Å². The SMILES string of the molecule is CC1CC(NC(=O)Cc2cccc(N)c2)C1. The lowest BCUT2D eigenvalue weighted by Crippen LogP contribution is -2.43. The average Bonchev–Trinajstić information content (AvgIpc) is 2.15. The minimum absolute atomic E-state index is 0.0995. The van der Waals surface area contributed by atoms with E-state index in [0.717, 1.165) is 24.3 Å². The largest absolute Gasteiger partial charge is 0.399 e. The van der Waals surface area contributed by atoms with Crippen molar-refractivity contribution >= 4 is 11.6 Å². The Balaban J connectivity index is 1.83. The highest BCUT2D eigenvalue weighted by atomic mass is 16.1. The first-order valence-corrected chi connectivity index (χ1v) is 5.77. The van der Waals surface area contributed by atoms with Crippen molar-refractivity contribution in [3.63, 3.8) is 0 Å². The fourth-order valence-electron chi connectivity index (χ4n) is 2.19. The fraction of sp³-hybridized carbons (Fsp3) is 0.462. The van der Waals surface area contributed by atoms with Gasteiger partial charge in [0.2, 0.25) is 5.91 Å². The van der Waals surface area contributed by atoms with E-state index < -0.39 is 0 Å². The molecular formula is C13H18N2O. The van der Waals surface area contributed by atoms with Gasteiger partial charge in [0.25, 0.3) is 0 Å². The van der Waals surface area contributed by atoms with Crippen LogP contribution in [0.5, 0.6) is 0 Å². The van der Waals surface area contributed by atoms with E-state index in [1.165, 1.54) is 0 Å². The van der Waals surface area contributed by atoms with Gasteiger partial charge in [-0.25, -0.2) is 0 Å². The Morgan fingerprint density at radius 3 is 2.88 bits per heavy atom. The Kier molecular flexibility index (Phi) is 3.13. The standard InChI is InChI=1S/C13H18N2O/c1-9-5-12(6-9)15-13(16)8-10-3-2-4-11(14)7-10/h2-4,7,9,12H,5-6,8,14H2,1H3,(H,15,16). The van der Waals surface area contributed by atoms with Crippen LogP contribution < -0.4 is 11.1 Å². The molecule has 1 fully saturated rings. The second-order valence-electron chi connectivity index (χ2n) is 4.76. The lowest BCUT2D eigenvalue weighted by Gasteiger charge is -2.33. The van der Waals surface area contributed by atoms with E-state index >= 15 is 0 Å². The van der Waals surface area contributed by atoms with Gasteiger partial charge in [-0.1, -0.05) is 19.1 Å². The van der Waals surface area contributed by atoms with Crippen LogP contribution in [0.15, 0.2) is 24.3 Å². The number of hydrogen-bond donors (Lipinski definition) is 2. The van der Waals surface area contributed by atoms with Crippen LogP contribution in [-0.4, -0.2) is 11.9 Å². The number of benzene rings is 1. The van der Waals surface area contributed by atoms with Gasteiger partial charge in [0.15, 0.2) is 0 Å². The van der Waals surface area contributed by atoms with E-state index in [1.54, 1.807) is 0 Å². The Bertz CT molecular complexity index is 383. The van der Waals surface area contributed by atoms with Crippen LogP contribution >= 0.6 is 0 Å². The van der Waals surface area contributed by atoms with Crippen LogP contribution in [-0.2, 0) is 11.2 Å². The molecule has 86 valence electrons. The molecule has 3 N–H and O–H groups in total. The zero-order valence-electron chi connectivity index (χ0n) is 9.57. The predicted octanol–water partition coefficient (Wildman–Crippen LogP) is 1.73. The van der Waals surface area contributed by atoms with Crippen molar-refractivity contribution in [2.75, 3.05) is 5.73 Å². The summed E-state index contributed by atoms with van der Waals surface area (Å²) in [5, 5.41) is 3.03. The number of carbonyl (C=O) groups is 1. The maximum Gasteiger partial charge on any atom is 0.224 e. The summed E-state index contributed by atoms with van der Waals surface area (Å²) in [6.07, 6.45) is 2.65. The van der Waals surface area contributed by atoms with E-state index in [0.29, 0.717) is 18.2 Å². The number of anilines is 1. The molecule has 0 aliphatic heterocycles. The molecule has 0 unspecified atom stereocenters. The van der Waals surface area contributed by atoms with Gasteiger partial charge in [0, 0.05) is 11.7 Å². The summed E-state index contributed by atoms with van der Waals surface area (Å²) in [5.74, 6) is 0.861. The molecule has 0 bridgehead atoms. The number of hydrogen-bond acceptors (Lipinski definition) is 2. The molecule has 0 atom stereocenters. The lowest BCUT2D eigenvalue weighted by atomic mass is 9.82. The molecule has 0 saturated heterocycles. The molecule has 1 amide bonds. The van der Waals surface area contributed by atoms with Crippen molar-refractivity contribution in [3.05, 3.63) is 29.8 Å². The average molecular weight is 218 g/mol. The van der Waals surface area contributed by atoms with Crippen LogP contribution in [0.3, 0.4) is 0 Å². The second-order valence-corrected chi connectivity index (χ2v) is 4.76. The van der Waals surface area contributed by atoms with Crippen molar-refractivity contribution in [2.45, 2.75) is 32.2 Å². The molecule has 2 rings (SSSR count). The molecule has 0 heterocycles. The van der Waals surface area contributed by atoms with E-state index in [4.69, 9.17) is 5.73 Å². The summed E-state index contributed by atoms with van der Waals surface area (Å²) >= 11 is 0. The molecule has 0 radical (unpaired) electrons. The van der Waals surface area contributed by atoms with Gasteiger partial charge in [-0.15, -0.1) is 0 Å². The highest BCUT2D eigenvalue weighted by molar-refractivity contribution is 5.79. The highest BCUT2D eigenvalue weighted by Crippen LogP contribution is 2.26. The minimum Gasteiger partial charge on any atom is -0.399 e. The van der Waals surface area contributed by atoms with Crippen molar-refractivity contribution in [1.29, 1.82) is 0 Å². The van der Waals surface area contributed by atoms with Gasteiger partial charge < -0.3 is 11.1 Å². The molecule has 3 nitrogen and oxygen atoms in total. The quantitative estimate of drug-likeness (QED) is 0.759. The van der Waals surface area contributed by atoms with Crippen molar-refractivity contribution in [2.24, 2.45) is 5.92 Å². The first-order chi connectivity index (χ1) is 7.63. The highest BCUT2D eigenvalue weighted by Gasteiger charge is 2.26. The van der Waals surface area contributed by atoms with Gasteiger partial charge in [-0.05, 0) is 36.5 Å². The molecule has 1 aliphatic carbocycles. The zero-order valence-corrected chi connectivity index (χ0v) is 9.57. The Labute approximate surface area is 96.0 Å². The van der Waals surface area contributed by atoms with Crippen LogP contribution in [0.2, 0.25) is 0 Å². The van der Waals surface area contributed by atoms with Gasteiger partial charge >= 0.3 is 0 Å². The molecule has 1 aliphatic rings. The summed E-state index contributed by atoms with van der Waals surface area (Å²) in [6.45, 7) is 2.21. The van der Waals surface area contributed by atoms with Crippen molar-refractivity contribution in [3.8, 4) is 0 Å². The van der Waals surface area contributed by atoms with Crippen LogP contribution in [0.4, 0.5) is 5.69 Å².